The van der Waals surface area contributed by atoms with Gasteiger partial charge in [0, 0.05) is 25.7 Å². The van der Waals surface area contributed by atoms with Crippen LogP contribution < -0.4 is 5.73 Å². The Morgan fingerprint density at radius 2 is 2.18 bits per heavy atom. The molecule has 1 aromatic carbocycles. The SMILES string of the molecule is COCCN(C)C(c1cccc(F)c1)C(C)N. The highest BCUT2D eigenvalue weighted by molar-refractivity contribution is 5.21. The van der Waals surface area contributed by atoms with Gasteiger partial charge >= 0.3 is 0 Å². The monoisotopic (exact) mass is 240 g/mol. The topological polar surface area (TPSA) is 38.5 Å². The first kappa shape index (κ1) is 14.1. The van der Waals surface area contributed by atoms with Crippen LogP contribution in [0.2, 0.25) is 0 Å². The molecule has 0 aliphatic heterocycles. The largest absolute Gasteiger partial charge is 0.383 e. The molecule has 0 saturated carbocycles. The van der Waals surface area contributed by atoms with Gasteiger partial charge in [0.25, 0.3) is 0 Å². The van der Waals surface area contributed by atoms with Crippen LogP contribution in [0.4, 0.5) is 4.39 Å². The molecule has 3 nitrogen and oxygen atoms in total. The Morgan fingerprint density at radius 3 is 2.71 bits per heavy atom. The number of hydrogen-bond donors (Lipinski definition) is 1. The van der Waals surface area contributed by atoms with E-state index in [-0.39, 0.29) is 17.9 Å². The van der Waals surface area contributed by atoms with Crippen molar-refractivity contribution in [1.29, 1.82) is 0 Å². The predicted molar refractivity (Wildman–Crippen MR) is 67.3 cm³/mol. The second kappa shape index (κ2) is 6.69. The summed E-state index contributed by atoms with van der Waals surface area (Å²) in [7, 11) is 3.63. The van der Waals surface area contributed by atoms with Crippen LogP contribution in [0, 0.1) is 5.82 Å². The lowest BCUT2D eigenvalue weighted by Gasteiger charge is -2.31. The summed E-state index contributed by atoms with van der Waals surface area (Å²) < 4.78 is 18.3. The lowest BCUT2D eigenvalue weighted by Crippen LogP contribution is -2.38. The van der Waals surface area contributed by atoms with Crippen LogP contribution in [0.1, 0.15) is 18.5 Å². The van der Waals surface area contributed by atoms with Gasteiger partial charge in [-0.15, -0.1) is 0 Å². The Kier molecular flexibility index (Phi) is 5.55. The van der Waals surface area contributed by atoms with Gasteiger partial charge in [-0.1, -0.05) is 12.1 Å². The second-order valence-corrected chi connectivity index (χ2v) is 4.33. The van der Waals surface area contributed by atoms with E-state index in [0.29, 0.717) is 6.61 Å². The normalized spacial score (nSPS) is 14.9. The van der Waals surface area contributed by atoms with E-state index in [1.165, 1.54) is 12.1 Å². The number of hydrogen-bond acceptors (Lipinski definition) is 3. The van der Waals surface area contributed by atoms with E-state index in [1.807, 2.05) is 20.0 Å². The van der Waals surface area contributed by atoms with E-state index < -0.39 is 0 Å². The van der Waals surface area contributed by atoms with E-state index >= 15 is 0 Å². The van der Waals surface area contributed by atoms with Crippen LogP contribution in [0.25, 0.3) is 0 Å². The van der Waals surface area contributed by atoms with Crippen molar-refractivity contribution in [3.63, 3.8) is 0 Å². The average Bonchev–Trinajstić information content (AvgIpc) is 2.26. The molecule has 17 heavy (non-hydrogen) atoms. The van der Waals surface area contributed by atoms with E-state index in [9.17, 15) is 4.39 Å². The highest BCUT2D eigenvalue weighted by Crippen LogP contribution is 2.22. The summed E-state index contributed by atoms with van der Waals surface area (Å²) in [6.45, 7) is 3.33. The van der Waals surface area contributed by atoms with Crippen LogP contribution in [0.3, 0.4) is 0 Å². The van der Waals surface area contributed by atoms with Crippen molar-refractivity contribution in [2.75, 3.05) is 27.3 Å². The average molecular weight is 240 g/mol. The molecule has 1 aromatic rings. The van der Waals surface area contributed by atoms with E-state index in [4.69, 9.17) is 10.5 Å². The Balaban J connectivity index is 2.85. The van der Waals surface area contributed by atoms with E-state index in [2.05, 4.69) is 4.90 Å². The van der Waals surface area contributed by atoms with Crippen LogP contribution in [0.5, 0.6) is 0 Å². The molecule has 2 unspecified atom stereocenters. The molecule has 0 spiro atoms. The van der Waals surface area contributed by atoms with Gasteiger partial charge in [-0.3, -0.25) is 4.90 Å². The molecule has 0 radical (unpaired) electrons. The van der Waals surface area contributed by atoms with Gasteiger partial charge < -0.3 is 10.5 Å². The summed E-state index contributed by atoms with van der Waals surface area (Å²) in [5.41, 5.74) is 6.89. The molecule has 0 aliphatic rings. The Morgan fingerprint density at radius 1 is 1.47 bits per heavy atom. The third-order valence-electron chi connectivity index (χ3n) is 2.81. The fourth-order valence-electron chi connectivity index (χ4n) is 2.02. The number of nitrogens with zero attached hydrogens (tertiary/aromatic N) is 1. The van der Waals surface area contributed by atoms with E-state index in [1.54, 1.807) is 13.2 Å². The van der Waals surface area contributed by atoms with Gasteiger partial charge in [-0.05, 0) is 31.7 Å². The Hall–Kier alpha value is -0.970. The number of likely N-dealkylation sites (N-methyl/N-ethyl adjacent to an activating group) is 1. The first-order valence-electron chi connectivity index (χ1n) is 5.76. The lowest BCUT2D eigenvalue weighted by atomic mass is 9.99. The first-order valence-corrected chi connectivity index (χ1v) is 5.76. The Bertz CT molecular complexity index is 344. The summed E-state index contributed by atoms with van der Waals surface area (Å²) in [5.74, 6) is -0.228. The van der Waals surface area contributed by atoms with Gasteiger partial charge in [-0.25, -0.2) is 4.39 Å². The molecular formula is C13H21FN2O. The number of rotatable bonds is 6. The maximum absolute atomic E-state index is 13.2. The number of ether oxygens (including phenoxy) is 1. The number of methoxy groups -OCH3 is 1. The van der Waals surface area contributed by atoms with Crippen LogP contribution >= 0.6 is 0 Å². The number of halogens is 1. The van der Waals surface area contributed by atoms with Crippen molar-refractivity contribution >= 4 is 0 Å². The van der Waals surface area contributed by atoms with Crippen molar-refractivity contribution in [1.82, 2.24) is 4.90 Å². The summed E-state index contributed by atoms with van der Waals surface area (Å²) >= 11 is 0. The van der Waals surface area contributed by atoms with Crippen molar-refractivity contribution < 1.29 is 9.13 Å². The smallest absolute Gasteiger partial charge is 0.123 e. The summed E-state index contributed by atoms with van der Waals surface area (Å²) in [4.78, 5) is 2.09. The second-order valence-electron chi connectivity index (χ2n) is 4.33. The third-order valence-corrected chi connectivity index (χ3v) is 2.81. The molecule has 4 heteroatoms. The van der Waals surface area contributed by atoms with Crippen LogP contribution in [-0.4, -0.2) is 38.3 Å². The highest BCUT2D eigenvalue weighted by atomic mass is 19.1. The van der Waals surface area contributed by atoms with Gasteiger partial charge in [0.05, 0.1) is 6.61 Å². The molecule has 0 amide bonds. The summed E-state index contributed by atoms with van der Waals surface area (Å²) in [6, 6.07) is 6.53. The molecule has 0 bridgehead atoms. The molecule has 0 aromatic heterocycles. The van der Waals surface area contributed by atoms with Crippen molar-refractivity contribution in [3.8, 4) is 0 Å². The maximum atomic E-state index is 13.2. The molecule has 2 N–H and O–H groups in total. The summed E-state index contributed by atoms with van der Waals surface area (Å²) in [5, 5.41) is 0. The molecule has 96 valence electrons. The first-order chi connectivity index (χ1) is 8.06. The highest BCUT2D eigenvalue weighted by Gasteiger charge is 2.21. The van der Waals surface area contributed by atoms with Gasteiger partial charge in [0.1, 0.15) is 5.82 Å². The predicted octanol–water partition coefficient (Wildman–Crippen LogP) is 1.79. The zero-order valence-corrected chi connectivity index (χ0v) is 10.7. The molecular weight excluding hydrogens is 219 g/mol. The minimum Gasteiger partial charge on any atom is -0.383 e. The lowest BCUT2D eigenvalue weighted by molar-refractivity contribution is 0.131. The third kappa shape index (κ3) is 4.07. The molecule has 1 rings (SSSR count). The van der Waals surface area contributed by atoms with Gasteiger partial charge in [0.2, 0.25) is 0 Å². The number of benzene rings is 1. The van der Waals surface area contributed by atoms with Crippen molar-refractivity contribution in [2.24, 2.45) is 5.73 Å². The van der Waals surface area contributed by atoms with Crippen LogP contribution in [-0.2, 0) is 4.74 Å². The summed E-state index contributed by atoms with van der Waals surface area (Å²) in [6.07, 6.45) is 0. The standard InChI is InChI=1S/C13H21FN2O/c1-10(15)13(16(2)7-8-17-3)11-5-4-6-12(14)9-11/h4-6,9-10,13H,7-8,15H2,1-3H3. The fraction of sp³-hybridized carbons (Fsp3) is 0.538. The molecule has 0 heterocycles. The number of nitrogens with two attached hydrogens (primary N) is 1. The molecule has 0 fully saturated rings. The Labute approximate surface area is 102 Å². The zero-order valence-electron chi connectivity index (χ0n) is 10.7. The molecule has 2 atom stereocenters. The maximum Gasteiger partial charge on any atom is 0.123 e. The van der Waals surface area contributed by atoms with Crippen molar-refractivity contribution in [2.45, 2.75) is 19.0 Å². The zero-order chi connectivity index (χ0) is 12.8. The van der Waals surface area contributed by atoms with Gasteiger partial charge in [0.15, 0.2) is 0 Å². The van der Waals surface area contributed by atoms with Crippen molar-refractivity contribution in [3.05, 3.63) is 35.6 Å². The molecule has 0 aliphatic carbocycles. The van der Waals surface area contributed by atoms with Gasteiger partial charge in [-0.2, -0.15) is 0 Å². The quantitative estimate of drug-likeness (QED) is 0.824. The van der Waals surface area contributed by atoms with Crippen LogP contribution in [0.15, 0.2) is 24.3 Å². The minimum atomic E-state index is -0.228. The minimum absolute atomic E-state index is 0.000787. The fourth-order valence-corrected chi connectivity index (χ4v) is 2.02. The van der Waals surface area contributed by atoms with E-state index in [0.717, 1.165) is 12.1 Å². The molecule has 0 saturated heterocycles.